The summed E-state index contributed by atoms with van der Waals surface area (Å²) in [4.78, 5) is 12.8. The molecule has 0 heterocycles. The van der Waals surface area contributed by atoms with Gasteiger partial charge >= 0.3 is 0 Å². The van der Waals surface area contributed by atoms with E-state index in [0.29, 0.717) is 27.0 Å². The fourth-order valence-electron chi connectivity index (χ4n) is 2.92. The van der Waals surface area contributed by atoms with Gasteiger partial charge in [0.2, 0.25) is 0 Å². The second-order valence-corrected chi connectivity index (χ2v) is 8.91. The first kappa shape index (κ1) is 23.9. The molecule has 1 amide bonds. The highest BCUT2D eigenvalue weighted by atomic mass is 79.9. The molecule has 32 heavy (non-hydrogen) atoms. The SMILES string of the molecule is Cc1ccc(C)c(NC(=O)/C(C#N)=C/c2cc(Br)ccc2OCc2ccc(Cl)cc2Cl)c1. The monoisotopic (exact) mass is 528 g/mol. The van der Waals surface area contributed by atoms with Gasteiger partial charge in [0.15, 0.2) is 0 Å². The number of carbonyl (C=O) groups excluding carboxylic acids is 1. The summed E-state index contributed by atoms with van der Waals surface area (Å²) in [5, 5.41) is 13.5. The van der Waals surface area contributed by atoms with Crippen LogP contribution in [0.1, 0.15) is 22.3 Å². The van der Waals surface area contributed by atoms with Crippen molar-refractivity contribution in [1.29, 1.82) is 5.26 Å². The van der Waals surface area contributed by atoms with Gasteiger partial charge in [-0.3, -0.25) is 4.79 Å². The van der Waals surface area contributed by atoms with E-state index in [1.165, 1.54) is 6.08 Å². The normalized spacial score (nSPS) is 11.1. The predicted octanol–water partition coefficient (Wildman–Crippen LogP) is 7.50. The molecule has 0 atom stereocenters. The maximum absolute atomic E-state index is 12.8. The molecular weight excluding hydrogens is 511 g/mol. The molecule has 0 spiro atoms. The zero-order valence-corrected chi connectivity index (χ0v) is 20.5. The van der Waals surface area contributed by atoms with Crippen molar-refractivity contribution in [3.05, 3.63) is 96.9 Å². The number of ether oxygens (including phenoxy) is 1. The van der Waals surface area contributed by atoms with Crippen molar-refractivity contribution in [1.82, 2.24) is 0 Å². The van der Waals surface area contributed by atoms with Gasteiger partial charge in [0, 0.05) is 31.3 Å². The third kappa shape index (κ3) is 6.14. The summed E-state index contributed by atoms with van der Waals surface area (Å²) in [7, 11) is 0. The molecule has 7 heteroatoms. The first-order chi connectivity index (χ1) is 15.3. The van der Waals surface area contributed by atoms with Crippen LogP contribution in [0.5, 0.6) is 5.75 Å². The molecule has 162 valence electrons. The standard InChI is InChI=1S/C25H19BrCl2N2O2/c1-15-3-4-16(2)23(9-15)30-25(31)19(13-29)10-18-11-20(26)6-8-24(18)32-14-17-5-7-21(27)12-22(17)28/h3-12H,14H2,1-2H3,(H,30,31)/b19-10+. The Morgan fingerprint density at radius 1 is 1.12 bits per heavy atom. The van der Waals surface area contributed by atoms with Crippen molar-refractivity contribution in [2.24, 2.45) is 0 Å². The molecule has 3 aromatic carbocycles. The zero-order chi connectivity index (χ0) is 23.3. The molecule has 1 N–H and O–H groups in total. The second kappa shape index (κ2) is 10.7. The number of hydrogen-bond donors (Lipinski definition) is 1. The maximum Gasteiger partial charge on any atom is 0.266 e. The Hall–Kier alpha value is -2.78. The number of nitrogens with one attached hydrogen (secondary N) is 1. The largest absolute Gasteiger partial charge is 0.488 e. The van der Waals surface area contributed by atoms with Crippen LogP contribution in [0.25, 0.3) is 6.08 Å². The smallest absolute Gasteiger partial charge is 0.266 e. The van der Waals surface area contributed by atoms with Crippen LogP contribution in [0.2, 0.25) is 10.0 Å². The van der Waals surface area contributed by atoms with Gasteiger partial charge in [-0.1, -0.05) is 57.3 Å². The van der Waals surface area contributed by atoms with Gasteiger partial charge in [-0.05, 0) is 67.4 Å². The van der Waals surface area contributed by atoms with Crippen LogP contribution in [-0.2, 0) is 11.4 Å². The molecule has 3 rings (SSSR count). The summed E-state index contributed by atoms with van der Waals surface area (Å²) in [5.74, 6) is 0.0133. The summed E-state index contributed by atoms with van der Waals surface area (Å²) >= 11 is 15.6. The summed E-state index contributed by atoms with van der Waals surface area (Å²) < 4.78 is 6.73. The number of nitrogens with zero attached hydrogens (tertiary/aromatic N) is 1. The number of hydrogen-bond acceptors (Lipinski definition) is 3. The Morgan fingerprint density at radius 3 is 2.62 bits per heavy atom. The molecule has 0 unspecified atom stereocenters. The van der Waals surface area contributed by atoms with Crippen LogP contribution in [0.4, 0.5) is 5.69 Å². The van der Waals surface area contributed by atoms with E-state index in [9.17, 15) is 10.1 Å². The van der Waals surface area contributed by atoms with Crippen molar-refractivity contribution >= 4 is 56.8 Å². The average Bonchev–Trinajstić information content (AvgIpc) is 2.75. The average molecular weight is 530 g/mol. The van der Waals surface area contributed by atoms with Crippen molar-refractivity contribution in [2.75, 3.05) is 5.32 Å². The molecule has 0 saturated heterocycles. The number of carbonyl (C=O) groups is 1. The molecular formula is C25H19BrCl2N2O2. The third-order valence-electron chi connectivity index (χ3n) is 4.68. The number of halogens is 3. The number of aryl methyl sites for hydroxylation is 2. The summed E-state index contributed by atoms with van der Waals surface area (Å²) in [6, 6.07) is 18.3. The Balaban J connectivity index is 1.86. The van der Waals surface area contributed by atoms with Crippen LogP contribution >= 0.6 is 39.1 Å². The summed E-state index contributed by atoms with van der Waals surface area (Å²) in [5.41, 5.74) is 3.89. The molecule has 0 radical (unpaired) electrons. The lowest BCUT2D eigenvalue weighted by Crippen LogP contribution is -2.14. The van der Waals surface area contributed by atoms with Crippen molar-refractivity contribution < 1.29 is 9.53 Å². The minimum atomic E-state index is -0.493. The number of anilines is 1. The van der Waals surface area contributed by atoms with Crippen LogP contribution in [0.3, 0.4) is 0 Å². The van der Waals surface area contributed by atoms with Crippen molar-refractivity contribution in [3.63, 3.8) is 0 Å². The molecule has 0 aliphatic heterocycles. The van der Waals surface area contributed by atoms with Gasteiger partial charge in [0.25, 0.3) is 5.91 Å². The van der Waals surface area contributed by atoms with Gasteiger partial charge in [-0.2, -0.15) is 5.26 Å². The number of amides is 1. The van der Waals surface area contributed by atoms with E-state index in [1.807, 2.05) is 44.2 Å². The Bertz CT molecular complexity index is 1250. The first-order valence-electron chi connectivity index (χ1n) is 9.63. The summed E-state index contributed by atoms with van der Waals surface area (Å²) in [6.45, 7) is 4.04. The van der Waals surface area contributed by atoms with E-state index in [1.54, 1.807) is 30.3 Å². The topological polar surface area (TPSA) is 62.1 Å². The van der Waals surface area contributed by atoms with Gasteiger partial charge in [0.1, 0.15) is 24.0 Å². The molecule has 0 aliphatic rings. The third-order valence-corrected chi connectivity index (χ3v) is 5.76. The highest BCUT2D eigenvalue weighted by Gasteiger charge is 2.13. The first-order valence-corrected chi connectivity index (χ1v) is 11.2. The zero-order valence-electron chi connectivity index (χ0n) is 17.4. The molecule has 0 aromatic heterocycles. The van der Waals surface area contributed by atoms with Gasteiger partial charge in [0.05, 0.1) is 0 Å². The molecule has 3 aromatic rings. The number of nitriles is 1. The quantitative estimate of drug-likeness (QED) is 0.265. The van der Waals surface area contributed by atoms with E-state index in [2.05, 4.69) is 21.2 Å². The molecule has 0 bridgehead atoms. The van der Waals surface area contributed by atoms with Crippen LogP contribution in [0.15, 0.2) is 64.6 Å². The lowest BCUT2D eigenvalue weighted by molar-refractivity contribution is -0.112. The molecule has 0 aliphatic carbocycles. The Morgan fingerprint density at radius 2 is 1.91 bits per heavy atom. The van der Waals surface area contributed by atoms with E-state index >= 15 is 0 Å². The lowest BCUT2D eigenvalue weighted by Gasteiger charge is -2.12. The Kier molecular flexibility index (Phi) is 7.98. The lowest BCUT2D eigenvalue weighted by atomic mass is 10.1. The van der Waals surface area contributed by atoms with Gasteiger partial charge in [-0.25, -0.2) is 0 Å². The Labute approximate surface area is 205 Å². The van der Waals surface area contributed by atoms with Crippen molar-refractivity contribution in [2.45, 2.75) is 20.5 Å². The fraction of sp³-hybridized carbons (Fsp3) is 0.120. The number of benzene rings is 3. The summed E-state index contributed by atoms with van der Waals surface area (Å²) in [6.07, 6.45) is 1.50. The fourth-order valence-corrected chi connectivity index (χ4v) is 3.76. The molecule has 0 saturated carbocycles. The maximum atomic E-state index is 12.8. The minimum Gasteiger partial charge on any atom is -0.488 e. The van der Waals surface area contributed by atoms with E-state index in [0.717, 1.165) is 21.2 Å². The van der Waals surface area contributed by atoms with Gasteiger partial charge in [-0.15, -0.1) is 0 Å². The van der Waals surface area contributed by atoms with Crippen molar-refractivity contribution in [3.8, 4) is 11.8 Å². The van der Waals surface area contributed by atoms with Crippen LogP contribution in [0, 0.1) is 25.2 Å². The van der Waals surface area contributed by atoms with Crippen LogP contribution in [-0.4, -0.2) is 5.91 Å². The highest BCUT2D eigenvalue weighted by molar-refractivity contribution is 9.10. The van der Waals surface area contributed by atoms with E-state index < -0.39 is 5.91 Å². The second-order valence-electron chi connectivity index (χ2n) is 7.15. The highest BCUT2D eigenvalue weighted by Crippen LogP contribution is 2.28. The number of rotatable bonds is 6. The predicted molar refractivity (Wildman–Crippen MR) is 133 cm³/mol. The van der Waals surface area contributed by atoms with E-state index in [4.69, 9.17) is 27.9 Å². The van der Waals surface area contributed by atoms with Gasteiger partial charge < -0.3 is 10.1 Å². The molecule has 4 nitrogen and oxygen atoms in total. The van der Waals surface area contributed by atoms with Crippen LogP contribution < -0.4 is 10.1 Å². The van der Waals surface area contributed by atoms with E-state index in [-0.39, 0.29) is 12.2 Å². The molecule has 0 fully saturated rings. The minimum absolute atomic E-state index is 0.0432.